The van der Waals surface area contributed by atoms with Crippen LogP contribution in [0.3, 0.4) is 0 Å². The topological polar surface area (TPSA) is 36.8 Å². The van der Waals surface area contributed by atoms with Gasteiger partial charge in [-0.3, -0.25) is 0 Å². The van der Waals surface area contributed by atoms with Crippen LogP contribution in [0.5, 0.6) is 0 Å². The first kappa shape index (κ1) is 15.1. The normalized spacial score (nSPS) is 24.5. The van der Waals surface area contributed by atoms with Crippen molar-refractivity contribution in [3.8, 4) is 0 Å². The Morgan fingerprint density at radius 3 is 2.62 bits per heavy atom. The van der Waals surface area contributed by atoms with E-state index in [9.17, 15) is 0 Å². The summed E-state index contributed by atoms with van der Waals surface area (Å²) < 4.78 is 8.99. The monoisotopic (exact) mass is 351 g/mol. The molecular formula is C17H25N3Se. The molecule has 1 N–H and O–H groups in total. The summed E-state index contributed by atoms with van der Waals surface area (Å²) in [6.45, 7) is 8.23. The molecule has 1 aromatic carbocycles. The van der Waals surface area contributed by atoms with Gasteiger partial charge in [0.25, 0.3) is 0 Å². The third-order valence-corrected chi connectivity index (χ3v) is 6.08. The second kappa shape index (κ2) is 6.10. The molecule has 0 radical (unpaired) electrons. The average molecular weight is 350 g/mol. The van der Waals surface area contributed by atoms with Crippen LogP contribution in [-0.2, 0) is 0 Å². The number of anilines is 1. The van der Waals surface area contributed by atoms with E-state index in [1.165, 1.54) is 31.4 Å². The molecule has 0 atom stereocenters. The minimum atomic E-state index is 0.0604. The maximum absolute atomic E-state index is 4.54. The molecule has 1 aliphatic heterocycles. The van der Waals surface area contributed by atoms with Crippen molar-refractivity contribution in [2.24, 2.45) is 25.2 Å². The van der Waals surface area contributed by atoms with E-state index in [1.807, 2.05) is 0 Å². The zero-order valence-corrected chi connectivity index (χ0v) is 14.9. The Labute approximate surface area is 133 Å². The number of nitrogens with zero attached hydrogens (tertiary/aromatic N) is 2. The maximum atomic E-state index is 4.54. The van der Waals surface area contributed by atoms with Crippen molar-refractivity contribution >= 4 is 31.6 Å². The predicted molar refractivity (Wildman–Crippen MR) is 89.8 cm³/mol. The summed E-state index contributed by atoms with van der Waals surface area (Å²) >= 11 is 0.0604. The van der Waals surface area contributed by atoms with Crippen LogP contribution in [0.1, 0.15) is 46.5 Å². The molecule has 1 heterocycles. The average Bonchev–Trinajstić information content (AvgIpc) is 2.93. The summed E-state index contributed by atoms with van der Waals surface area (Å²) in [5, 5.41) is 3.62. The number of hydrogen-bond donors (Lipinski definition) is 1. The molecule has 0 unspecified atom stereocenters. The van der Waals surface area contributed by atoms with Crippen molar-refractivity contribution in [2.45, 2.75) is 46.5 Å². The minimum absolute atomic E-state index is 0.0604. The number of benzene rings is 1. The Bertz CT molecular complexity index is 574. The van der Waals surface area contributed by atoms with E-state index < -0.39 is 0 Å². The summed E-state index contributed by atoms with van der Waals surface area (Å²) in [4.78, 5) is 0. The molecule has 0 amide bonds. The third-order valence-electron chi connectivity index (χ3n) is 4.94. The molecule has 3 nitrogen and oxygen atoms in total. The van der Waals surface area contributed by atoms with Crippen LogP contribution in [-0.4, -0.2) is 21.1 Å². The molecule has 1 aliphatic carbocycles. The zero-order chi connectivity index (χ0) is 14.9. The Hall–Kier alpha value is -0.861. The van der Waals surface area contributed by atoms with Crippen LogP contribution in [0, 0.1) is 17.3 Å². The van der Waals surface area contributed by atoms with Crippen LogP contribution in [0.2, 0.25) is 0 Å². The van der Waals surface area contributed by atoms with E-state index in [4.69, 9.17) is 0 Å². The summed E-state index contributed by atoms with van der Waals surface area (Å²) in [7, 11) is 0. The molecule has 1 aromatic rings. The van der Waals surface area contributed by atoms with Gasteiger partial charge < -0.3 is 0 Å². The van der Waals surface area contributed by atoms with Gasteiger partial charge in [-0.15, -0.1) is 0 Å². The summed E-state index contributed by atoms with van der Waals surface area (Å²) in [5.74, 6) is 1.70. The Kier molecular flexibility index (Phi) is 4.37. The van der Waals surface area contributed by atoms with Gasteiger partial charge >= 0.3 is 133 Å². The van der Waals surface area contributed by atoms with Crippen LogP contribution in [0.15, 0.2) is 26.1 Å². The fraction of sp³-hybridized carbons (Fsp3) is 0.647. The summed E-state index contributed by atoms with van der Waals surface area (Å²) in [5.41, 5.74) is 3.80. The predicted octanol–water partition coefficient (Wildman–Crippen LogP) is 5.30. The van der Waals surface area contributed by atoms with E-state index in [-0.39, 0.29) is 14.6 Å². The van der Waals surface area contributed by atoms with Gasteiger partial charge in [0, 0.05) is 0 Å². The molecule has 0 spiro atoms. The van der Waals surface area contributed by atoms with Crippen molar-refractivity contribution < 1.29 is 0 Å². The van der Waals surface area contributed by atoms with E-state index in [0.29, 0.717) is 5.41 Å². The number of fused-ring (bicyclic) bond motifs is 1. The van der Waals surface area contributed by atoms with Crippen LogP contribution in [0.4, 0.5) is 17.1 Å². The Balaban J connectivity index is 1.54. The van der Waals surface area contributed by atoms with Gasteiger partial charge in [-0.1, -0.05) is 0 Å². The van der Waals surface area contributed by atoms with Gasteiger partial charge in [0.2, 0.25) is 0 Å². The Morgan fingerprint density at radius 1 is 1.14 bits per heavy atom. The van der Waals surface area contributed by atoms with Gasteiger partial charge in [0.1, 0.15) is 0 Å². The van der Waals surface area contributed by atoms with Crippen molar-refractivity contribution in [1.29, 1.82) is 0 Å². The fourth-order valence-corrected chi connectivity index (χ4v) is 4.59. The molecule has 0 saturated heterocycles. The molecule has 0 aromatic heterocycles. The fourth-order valence-electron chi connectivity index (χ4n) is 3.44. The molecule has 3 rings (SSSR count). The first-order valence-corrected chi connectivity index (χ1v) is 9.52. The third kappa shape index (κ3) is 3.49. The van der Waals surface area contributed by atoms with E-state index >= 15 is 0 Å². The van der Waals surface area contributed by atoms with Gasteiger partial charge in [-0.25, -0.2) is 0 Å². The SMILES string of the molecule is CC(C)(C)C1CCC(CNc2cccc3c2N=[Se]=N3)CC1. The first-order chi connectivity index (χ1) is 10.0. The molecule has 1 saturated carbocycles. The molecule has 2 aliphatic rings. The number of nitrogens with one attached hydrogen (secondary N) is 1. The van der Waals surface area contributed by atoms with Crippen LogP contribution < -0.4 is 5.32 Å². The van der Waals surface area contributed by atoms with E-state index in [1.54, 1.807) is 0 Å². The van der Waals surface area contributed by atoms with Crippen molar-refractivity contribution in [2.75, 3.05) is 11.9 Å². The second-order valence-electron chi connectivity index (χ2n) is 7.40. The number of rotatable bonds is 3. The van der Waals surface area contributed by atoms with Crippen LogP contribution >= 0.6 is 0 Å². The standard InChI is InChI=1S/C17H25N3Se/c1-17(2,3)13-9-7-12(8-10-13)11-18-14-5-4-6-15-16(14)20-21-19-15/h4-6,12-13,18H,7-11H2,1-3H3. The van der Waals surface area contributed by atoms with E-state index in [0.717, 1.165) is 29.8 Å². The zero-order valence-electron chi connectivity index (χ0n) is 13.2. The van der Waals surface area contributed by atoms with Gasteiger partial charge in [-0.2, -0.15) is 0 Å². The molecule has 0 bridgehead atoms. The van der Waals surface area contributed by atoms with Crippen molar-refractivity contribution in [1.82, 2.24) is 0 Å². The van der Waals surface area contributed by atoms with Crippen LogP contribution in [0.25, 0.3) is 0 Å². The molecule has 114 valence electrons. The van der Waals surface area contributed by atoms with Crippen molar-refractivity contribution in [3.63, 3.8) is 0 Å². The Morgan fingerprint density at radius 2 is 1.90 bits per heavy atom. The second-order valence-corrected chi connectivity index (χ2v) is 8.51. The van der Waals surface area contributed by atoms with Crippen molar-refractivity contribution in [3.05, 3.63) is 18.2 Å². The molecule has 1 fully saturated rings. The number of hydrogen-bond acceptors (Lipinski definition) is 3. The summed E-state index contributed by atoms with van der Waals surface area (Å²) in [6.07, 6.45) is 5.47. The van der Waals surface area contributed by atoms with Gasteiger partial charge in [-0.05, 0) is 0 Å². The first-order valence-electron chi connectivity index (χ1n) is 7.99. The quantitative estimate of drug-likeness (QED) is 0.750. The van der Waals surface area contributed by atoms with E-state index in [2.05, 4.69) is 52.2 Å². The van der Waals surface area contributed by atoms with Gasteiger partial charge in [0.05, 0.1) is 0 Å². The molecular weight excluding hydrogens is 325 g/mol. The molecule has 21 heavy (non-hydrogen) atoms. The summed E-state index contributed by atoms with van der Waals surface area (Å²) in [6, 6.07) is 6.28. The molecule has 4 heteroatoms. The van der Waals surface area contributed by atoms with Gasteiger partial charge in [0.15, 0.2) is 0 Å².